The summed E-state index contributed by atoms with van der Waals surface area (Å²) in [7, 11) is 0. The molecule has 0 aliphatic heterocycles. The van der Waals surface area contributed by atoms with E-state index in [1.165, 1.54) is 0 Å². The van der Waals surface area contributed by atoms with E-state index < -0.39 is 5.76 Å². The van der Waals surface area contributed by atoms with Gasteiger partial charge in [-0.1, -0.05) is 0 Å². The molecule has 0 aliphatic rings. The van der Waals surface area contributed by atoms with Gasteiger partial charge in [-0.2, -0.15) is 0 Å². The maximum absolute atomic E-state index is 10.4. The molecule has 58 valence electrons. The Bertz CT molecular complexity index is 252. The van der Waals surface area contributed by atoms with Gasteiger partial charge in [0.15, 0.2) is 0 Å². The summed E-state index contributed by atoms with van der Waals surface area (Å²) in [6.07, 6.45) is 0. The average Bonchev–Trinajstić information content (AvgIpc) is 2.13. The van der Waals surface area contributed by atoms with Gasteiger partial charge in [0, 0.05) is 0 Å². The van der Waals surface area contributed by atoms with Gasteiger partial charge in [0.2, 0.25) is 0 Å². The number of nitrogens with one attached hydrogen (secondary N) is 1. The van der Waals surface area contributed by atoms with Crippen LogP contribution < -0.4 is 27.0 Å². The Morgan fingerprint density at radius 3 is 2.80 bits per heavy atom. The first kappa shape index (κ1) is 7.77. The van der Waals surface area contributed by atoms with E-state index in [-0.39, 0.29) is 21.2 Å². The van der Waals surface area contributed by atoms with Crippen molar-refractivity contribution >= 4 is 0 Å². The van der Waals surface area contributed by atoms with Crippen LogP contribution in [0.4, 0.5) is 0 Å². The first-order valence-corrected chi connectivity index (χ1v) is 5.20. The van der Waals surface area contributed by atoms with Gasteiger partial charge in [0.25, 0.3) is 0 Å². The van der Waals surface area contributed by atoms with Crippen LogP contribution in [0.25, 0.3) is 0 Å². The first-order valence-electron chi connectivity index (χ1n) is 2.88. The Balaban J connectivity index is 2.67. The Labute approximate surface area is 68.3 Å². The minimum absolute atomic E-state index is 0.172. The van der Waals surface area contributed by atoms with Gasteiger partial charge in [-0.25, -0.2) is 0 Å². The molecule has 1 N–H and O–H groups in total. The summed E-state index contributed by atoms with van der Waals surface area (Å²) in [5.74, 6) is -0.449. The fourth-order valence-corrected chi connectivity index (χ4v) is 2.23. The van der Waals surface area contributed by atoms with Crippen molar-refractivity contribution in [1.29, 1.82) is 0 Å². The number of hydrogen-bond donors (Lipinski definition) is 1. The van der Waals surface area contributed by atoms with Crippen molar-refractivity contribution in [2.24, 2.45) is 0 Å². The number of nitrogens with zero attached hydrogens (tertiary/aromatic N) is 1. The topological polar surface area (TPSA) is 58.9 Å². The first-order chi connectivity index (χ1) is 4.68. The molecule has 1 aromatic heterocycles. The Hall–Kier alpha value is -0.330. The van der Waals surface area contributed by atoms with Gasteiger partial charge in [-0.15, -0.1) is 0 Å². The van der Waals surface area contributed by atoms with Gasteiger partial charge in [-0.3, -0.25) is 0 Å². The molecule has 0 aromatic carbocycles. The van der Waals surface area contributed by atoms with E-state index in [1.807, 2.05) is 0 Å². The quantitative estimate of drug-likeness (QED) is 0.453. The number of hydrogen-bond acceptors (Lipinski definition) is 3. The van der Waals surface area contributed by atoms with Crippen LogP contribution in [-0.4, -0.2) is 14.1 Å². The number of aromatic nitrogens is 2. The molecule has 1 heterocycles. The van der Waals surface area contributed by atoms with Crippen LogP contribution in [0.15, 0.2) is 9.32 Å². The molecule has 1 aromatic rings. The molecule has 0 amide bonds. The van der Waals surface area contributed by atoms with Crippen molar-refractivity contribution in [2.75, 3.05) is 0 Å². The van der Waals surface area contributed by atoms with Crippen LogP contribution >= 0.6 is 0 Å². The molecule has 0 atom stereocenters. The van der Waals surface area contributed by atoms with Gasteiger partial charge in [0.1, 0.15) is 0 Å². The molecule has 0 radical (unpaired) electrons. The van der Waals surface area contributed by atoms with Crippen molar-refractivity contribution in [3.8, 4) is 0 Å². The van der Waals surface area contributed by atoms with Crippen LogP contribution in [0.1, 0.15) is 13.8 Å². The van der Waals surface area contributed by atoms with Crippen molar-refractivity contribution in [1.82, 2.24) is 10.1 Å². The van der Waals surface area contributed by atoms with Crippen LogP contribution in [-0.2, 0) is 0 Å². The van der Waals surface area contributed by atoms with Crippen molar-refractivity contribution < 1.29 is 25.7 Å². The standard InChI is InChI=1S/C5H8IN2O2/c1-3(2)6-4-7-5(9)10-8-4/h3H,1-2H3,(H,7,8,9)/q-1. The fraction of sp³-hybridized carbons (Fsp3) is 0.600. The molecule has 0 bridgehead atoms. The van der Waals surface area contributed by atoms with E-state index in [0.29, 0.717) is 3.92 Å². The Morgan fingerprint density at radius 2 is 2.40 bits per heavy atom. The van der Waals surface area contributed by atoms with Gasteiger partial charge in [-0.05, 0) is 0 Å². The number of alkyl halides is 1. The molecule has 4 nitrogen and oxygen atoms in total. The average molecular weight is 255 g/mol. The predicted molar refractivity (Wildman–Crippen MR) is 31.0 cm³/mol. The molecule has 0 spiro atoms. The third-order valence-corrected chi connectivity index (χ3v) is 3.04. The number of halogens is 1. The van der Waals surface area contributed by atoms with Crippen LogP contribution in [0.2, 0.25) is 0 Å². The van der Waals surface area contributed by atoms with E-state index in [2.05, 4.69) is 28.5 Å². The third-order valence-electron chi connectivity index (χ3n) is 0.735. The fourth-order valence-electron chi connectivity index (χ4n) is 0.465. The van der Waals surface area contributed by atoms with Gasteiger partial charge < -0.3 is 0 Å². The summed E-state index contributed by atoms with van der Waals surface area (Å²) in [6.45, 7) is 4.19. The monoisotopic (exact) mass is 255 g/mol. The van der Waals surface area contributed by atoms with Gasteiger partial charge >= 0.3 is 68.0 Å². The SMILES string of the molecule is CC(C)[I-]c1noc(=O)[nH]1. The molecule has 1 rings (SSSR count). The molecule has 10 heavy (non-hydrogen) atoms. The number of H-pyrrole nitrogens is 1. The van der Waals surface area contributed by atoms with Crippen molar-refractivity contribution in [3.05, 3.63) is 14.4 Å². The molecule has 0 unspecified atom stereocenters. The maximum atomic E-state index is 10.4. The summed E-state index contributed by atoms with van der Waals surface area (Å²) in [6, 6.07) is 0. The molecule has 0 fully saturated rings. The minimum atomic E-state index is -0.449. The Kier molecular flexibility index (Phi) is 2.47. The van der Waals surface area contributed by atoms with Gasteiger partial charge in [0.05, 0.1) is 0 Å². The van der Waals surface area contributed by atoms with Crippen molar-refractivity contribution in [3.63, 3.8) is 0 Å². The molecule has 0 saturated carbocycles. The molecule has 0 saturated heterocycles. The molecule has 5 heteroatoms. The molecular weight excluding hydrogens is 247 g/mol. The summed E-state index contributed by atoms with van der Waals surface area (Å²) in [5, 5.41) is 3.56. The van der Waals surface area contributed by atoms with E-state index in [0.717, 1.165) is 3.83 Å². The number of aromatic amines is 1. The zero-order valence-electron chi connectivity index (χ0n) is 5.72. The normalized spacial score (nSPS) is 11.1. The van der Waals surface area contributed by atoms with E-state index >= 15 is 0 Å². The number of rotatable bonds is 2. The zero-order chi connectivity index (χ0) is 7.56. The second-order valence-corrected chi connectivity index (χ2v) is 6.14. The third kappa shape index (κ3) is 2.13. The molecule has 0 aliphatic carbocycles. The van der Waals surface area contributed by atoms with Crippen LogP contribution in [0.3, 0.4) is 0 Å². The summed E-state index contributed by atoms with van der Waals surface area (Å²) in [4.78, 5) is 12.9. The van der Waals surface area contributed by atoms with E-state index in [1.54, 1.807) is 0 Å². The molecular formula is C5H8IN2O2-. The van der Waals surface area contributed by atoms with Crippen LogP contribution in [0, 0.1) is 3.83 Å². The second kappa shape index (κ2) is 3.18. The Morgan fingerprint density at radius 1 is 1.70 bits per heavy atom. The van der Waals surface area contributed by atoms with E-state index in [9.17, 15) is 4.79 Å². The van der Waals surface area contributed by atoms with Crippen LogP contribution in [0.5, 0.6) is 0 Å². The summed E-state index contributed by atoms with van der Waals surface area (Å²) in [5.41, 5.74) is 0. The second-order valence-electron chi connectivity index (χ2n) is 2.01. The van der Waals surface area contributed by atoms with Crippen molar-refractivity contribution in [2.45, 2.75) is 17.8 Å². The van der Waals surface area contributed by atoms with E-state index in [4.69, 9.17) is 0 Å². The summed E-state index contributed by atoms with van der Waals surface area (Å²) < 4.78 is 5.66. The zero-order valence-corrected chi connectivity index (χ0v) is 7.88. The predicted octanol–water partition coefficient (Wildman–Crippen LogP) is -2.97. The summed E-state index contributed by atoms with van der Waals surface area (Å²) >= 11 is -0.172.